The highest BCUT2D eigenvalue weighted by Gasteiger charge is 2.25. The third-order valence-corrected chi connectivity index (χ3v) is 3.82. The molecule has 1 N–H and O–H groups in total. The van der Waals surface area contributed by atoms with Crippen LogP contribution in [-0.4, -0.2) is 45.5 Å². The van der Waals surface area contributed by atoms with Gasteiger partial charge in [-0.15, -0.1) is 10.2 Å². The van der Waals surface area contributed by atoms with Crippen LogP contribution < -0.4 is 5.32 Å². The molecule has 0 aliphatic heterocycles. The van der Waals surface area contributed by atoms with Gasteiger partial charge in [0, 0.05) is 6.04 Å². The molecule has 0 saturated heterocycles. The summed E-state index contributed by atoms with van der Waals surface area (Å²) in [7, 11) is 1.31. The van der Waals surface area contributed by atoms with Gasteiger partial charge in [0.15, 0.2) is 5.16 Å². The van der Waals surface area contributed by atoms with E-state index < -0.39 is 12.0 Å². The highest BCUT2D eigenvalue weighted by Crippen LogP contribution is 2.18. The van der Waals surface area contributed by atoms with Crippen molar-refractivity contribution < 1.29 is 14.3 Å². The minimum atomic E-state index is -0.633. The first-order valence-corrected chi connectivity index (χ1v) is 7.74. The highest BCUT2D eigenvalue weighted by molar-refractivity contribution is 7.99. The Morgan fingerprint density at radius 2 is 2.05 bits per heavy atom. The summed E-state index contributed by atoms with van der Waals surface area (Å²) in [5, 5.41) is 11.2. The molecule has 0 bridgehead atoms. The van der Waals surface area contributed by atoms with Crippen LogP contribution in [0.1, 0.15) is 33.7 Å². The van der Waals surface area contributed by atoms with E-state index in [0.717, 1.165) is 0 Å². The first-order chi connectivity index (χ1) is 9.86. The summed E-state index contributed by atoms with van der Waals surface area (Å²) in [5.74, 6) is -0.534. The summed E-state index contributed by atoms with van der Waals surface area (Å²) in [6, 6.07) is -0.407. The molecule has 21 heavy (non-hydrogen) atoms. The highest BCUT2D eigenvalue weighted by atomic mass is 32.2. The van der Waals surface area contributed by atoms with Crippen molar-refractivity contribution in [2.45, 2.75) is 44.9 Å². The Hall–Kier alpha value is -1.57. The summed E-state index contributed by atoms with van der Waals surface area (Å²) in [6.07, 6.45) is 1.64. The molecule has 0 spiro atoms. The van der Waals surface area contributed by atoms with Gasteiger partial charge in [0.1, 0.15) is 12.4 Å². The van der Waals surface area contributed by atoms with E-state index in [-0.39, 0.29) is 23.6 Å². The SMILES string of the molecule is COC(=O)C(NC(=O)CSc1nncn1C(C)C)C(C)C. The standard InChI is InChI=1S/C13H22N4O3S/c1-8(2)11(12(19)20-5)15-10(18)6-21-13-16-14-7-17(13)9(3)4/h7-9,11H,6H2,1-5H3,(H,15,18). The van der Waals surface area contributed by atoms with Crippen molar-refractivity contribution in [2.75, 3.05) is 12.9 Å². The zero-order chi connectivity index (χ0) is 16.0. The molecule has 0 aromatic carbocycles. The second-order valence-electron chi connectivity index (χ2n) is 5.22. The Labute approximate surface area is 128 Å². The van der Waals surface area contributed by atoms with Crippen molar-refractivity contribution in [1.82, 2.24) is 20.1 Å². The number of methoxy groups -OCH3 is 1. The van der Waals surface area contributed by atoms with Crippen molar-refractivity contribution in [1.29, 1.82) is 0 Å². The molecule has 118 valence electrons. The average molecular weight is 314 g/mol. The van der Waals surface area contributed by atoms with Gasteiger partial charge in [0.25, 0.3) is 0 Å². The predicted octanol–water partition coefficient (Wildman–Crippen LogP) is 1.26. The second kappa shape index (κ2) is 8.02. The van der Waals surface area contributed by atoms with Crippen LogP contribution in [-0.2, 0) is 14.3 Å². The third-order valence-electron chi connectivity index (χ3n) is 2.87. The van der Waals surface area contributed by atoms with Gasteiger partial charge in [-0.1, -0.05) is 25.6 Å². The number of esters is 1. The number of hydrogen-bond donors (Lipinski definition) is 1. The van der Waals surface area contributed by atoms with Gasteiger partial charge in [-0.3, -0.25) is 4.79 Å². The normalized spacial score (nSPS) is 12.5. The fraction of sp³-hybridized carbons (Fsp3) is 0.692. The zero-order valence-electron chi connectivity index (χ0n) is 13.0. The molecule has 1 amide bonds. The van der Waals surface area contributed by atoms with Crippen LogP contribution in [0.15, 0.2) is 11.5 Å². The average Bonchev–Trinajstić information content (AvgIpc) is 2.90. The van der Waals surface area contributed by atoms with Gasteiger partial charge in [-0.05, 0) is 19.8 Å². The number of carbonyl (C=O) groups excluding carboxylic acids is 2. The maximum atomic E-state index is 12.0. The molecule has 1 aromatic heterocycles. The number of thioether (sulfide) groups is 1. The largest absolute Gasteiger partial charge is 0.467 e. The molecule has 0 saturated carbocycles. The molecule has 1 aromatic rings. The number of hydrogen-bond acceptors (Lipinski definition) is 6. The molecule has 8 heteroatoms. The molecule has 7 nitrogen and oxygen atoms in total. The summed E-state index contributed by atoms with van der Waals surface area (Å²) < 4.78 is 6.58. The lowest BCUT2D eigenvalue weighted by Crippen LogP contribution is -2.45. The number of rotatable bonds is 7. The van der Waals surface area contributed by atoms with Gasteiger partial charge >= 0.3 is 5.97 Å². The fourth-order valence-electron chi connectivity index (χ4n) is 1.66. The van der Waals surface area contributed by atoms with Gasteiger partial charge in [-0.2, -0.15) is 0 Å². The molecule has 0 fully saturated rings. The molecular weight excluding hydrogens is 292 g/mol. The molecule has 1 heterocycles. The smallest absolute Gasteiger partial charge is 0.328 e. The number of nitrogens with one attached hydrogen (secondary N) is 1. The van der Waals surface area contributed by atoms with E-state index in [2.05, 4.69) is 20.3 Å². The topological polar surface area (TPSA) is 86.1 Å². The van der Waals surface area contributed by atoms with E-state index in [1.165, 1.54) is 18.9 Å². The van der Waals surface area contributed by atoms with Crippen LogP contribution in [0.5, 0.6) is 0 Å². The Morgan fingerprint density at radius 1 is 1.38 bits per heavy atom. The van der Waals surface area contributed by atoms with Crippen LogP contribution >= 0.6 is 11.8 Å². The lowest BCUT2D eigenvalue weighted by molar-refractivity contribution is -0.146. The number of nitrogens with zero attached hydrogens (tertiary/aromatic N) is 3. The van der Waals surface area contributed by atoms with Crippen LogP contribution in [0.3, 0.4) is 0 Å². The number of carbonyl (C=O) groups is 2. The lowest BCUT2D eigenvalue weighted by atomic mass is 10.1. The molecule has 0 aliphatic carbocycles. The van der Waals surface area contributed by atoms with E-state index in [9.17, 15) is 9.59 Å². The molecule has 0 aliphatic rings. The quantitative estimate of drug-likeness (QED) is 0.602. The predicted molar refractivity (Wildman–Crippen MR) is 79.9 cm³/mol. The van der Waals surface area contributed by atoms with Gasteiger partial charge in [0.05, 0.1) is 12.9 Å². The zero-order valence-corrected chi connectivity index (χ0v) is 13.8. The molecule has 1 rings (SSSR count). The summed E-state index contributed by atoms with van der Waals surface area (Å²) in [4.78, 5) is 23.6. The number of amides is 1. The van der Waals surface area contributed by atoms with E-state index in [4.69, 9.17) is 0 Å². The van der Waals surface area contributed by atoms with Crippen molar-refractivity contribution in [3.05, 3.63) is 6.33 Å². The first-order valence-electron chi connectivity index (χ1n) is 6.76. The minimum Gasteiger partial charge on any atom is -0.467 e. The molecule has 1 atom stereocenters. The van der Waals surface area contributed by atoms with Gasteiger partial charge in [0.2, 0.25) is 5.91 Å². The van der Waals surface area contributed by atoms with Crippen LogP contribution in [0.4, 0.5) is 0 Å². The first kappa shape index (κ1) is 17.5. The second-order valence-corrected chi connectivity index (χ2v) is 6.16. The van der Waals surface area contributed by atoms with Crippen molar-refractivity contribution in [3.8, 4) is 0 Å². The van der Waals surface area contributed by atoms with Crippen LogP contribution in [0.2, 0.25) is 0 Å². The summed E-state index contributed by atoms with van der Waals surface area (Å²) in [6.45, 7) is 7.73. The number of ether oxygens (including phenoxy) is 1. The summed E-state index contributed by atoms with van der Waals surface area (Å²) in [5.41, 5.74) is 0. The summed E-state index contributed by atoms with van der Waals surface area (Å²) >= 11 is 1.29. The lowest BCUT2D eigenvalue weighted by Gasteiger charge is -2.19. The minimum absolute atomic E-state index is 0.0364. The fourth-order valence-corrected chi connectivity index (χ4v) is 2.51. The monoisotopic (exact) mass is 314 g/mol. The third kappa shape index (κ3) is 5.04. The Morgan fingerprint density at radius 3 is 2.57 bits per heavy atom. The maximum absolute atomic E-state index is 12.0. The molecular formula is C13H22N4O3S. The van der Waals surface area contributed by atoms with Crippen molar-refractivity contribution in [3.63, 3.8) is 0 Å². The Balaban J connectivity index is 2.57. The van der Waals surface area contributed by atoms with Crippen molar-refractivity contribution in [2.24, 2.45) is 5.92 Å². The maximum Gasteiger partial charge on any atom is 0.328 e. The van der Waals surface area contributed by atoms with E-state index in [1.807, 2.05) is 32.3 Å². The van der Waals surface area contributed by atoms with E-state index >= 15 is 0 Å². The van der Waals surface area contributed by atoms with Crippen LogP contribution in [0, 0.1) is 5.92 Å². The molecule has 1 unspecified atom stereocenters. The molecule has 0 radical (unpaired) electrons. The van der Waals surface area contributed by atoms with E-state index in [0.29, 0.717) is 5.16 Å². The van der Waals surface area contributed by atoms with Gasteiger partial charge < -0.3 is 14.6 Å². The number of aromatic nitrogens is 3. The van der Waals surface area contributed by atoms with Gasteiger partial charge in [-0.25, -0.2) is 4.79 Å². The van der Waals surface area contributed by atoms with Crippen molar-refractivity contribution >= 4 is 23.6 Å². The Bertz CT molecular complexity index is 488. The van der Waals surface area contributed by atoms with E-state index in [1.54, 1.807) is 6.33 Å². The van der Waals surface area contributed by atoms with Crippen LogP contribution in [0.25, 0.3) is 0 Å². The Kier molecular flexibility index (Phi) is 6.67.